The van der Waals surface area contributed by atoms with E-state index in [1.165, 1.54) is 4.68 Å². The van der Waals surface area contributed by atoms with Crippen LogP contribution in [0.2, 0.25) is 0 Å². The van der Waals surface area contributed by atoms with Crippen LogP contribution in [0.3, 0.4) is 0 Å². The fraction of sp³-hybridized carbons (Fsp3) is 0.615. The number of amides is 2. The molecule has 0 saturated carbocycles. The van der Waals surface area contributed by atoms with Crippen molar-refractivity contribution in [2.45, 2.75) is 25.9 Å². The highest BCUT2D eigenvalue weighted by atomic mass is 16.5. The number of nitrogens with zero attached hydrogens (tertiary/aromatic N) is 3. The molecule has 1 atom stereocenters. The van der Waals surface area contributed by atoms with Crippen LogP contribution in [0.1, 0.15) is 13.3 Å². The minimum Gasteiger partial charge on any atom is -0.378 e. The monoisotopic (exact) mass is 295 g/mol. The van der Waals surface area contributed by atoms with Crippen LogP contribution >= 0.6 is 0 Å². The quantitative estimate of drug-likeness (QED) is 0.756. The molecule has 1 aliphatic heterocycles. The van der Waals surface area contributed by atoms with E-state index in [-0.39, 0.29) is 30.8 Å². The van der Waals surface area contributed by atoms with Crippen molar-refractivity contribution < 1.29 is 14.3 Å². The molecule has 1 aromatic heterocycles. The Hall–Kier alpha value is -1.93. The first-order valence-corrected chi connectivity index (χ1v) is 6.99. The van der Waals surface area contributed by atoms with E-state index >= 15 is 0 Å². The van der Waals surface area contributed by atoms with Gasteiger partial charge in [0.25, 0.3) is 0 Å². The van der Waals surface area contributed by atoms with E-state index in [9.17, 15) is 9.59 Å². The second kappa shape index (κ2) is 7.19. The van der Waals surface area contributed by atoms with Crippen molar-refractivity contribution in [1.82, 2.24) is 14.7 Å². The summed E-state index contributed by atoms with van der Waals surface area (Å²) in [5.41, 5.74) is 5.55. The predicted octanol–water partition coefficient (Wildman–Crippen LogP) is -0.582. The molecular formula is C13H21N5O3. The first kappa shape index (κ1) is 15.5. The van der Waals surface area contributed by atoms with Gasteiger partial charge in [0.15, 0.2) is 5.82 Å². The van der Waals surface area contributed by atoms with Gasteiger partial charge in [0.05, 0.1) is 13.2 Å². The molecule has 1 aromatic rings. The van der Waals surface area contributed by atoms with Crippen molar-refractivity contribution in [3.05, 3.63) is 12.3 Å². The van der Waals surface area contributed by atoms with Gasteiger partial charge in [-0.3, -0.25) is 14.3 Å². The number of anilines is 1. The minimum absolute atomic E-state index is 0.00476. The lowest BCUT2D eigenvalue weighted by molar-refractivity contribution is -0.136. The van der Waals surface area contributed by atoms with Gasteiger partial charge in [0, 0.05) is 37.8 Å². The summed E-state index contributed by atoms with van der Waals surface area (Å²) in [4.78, 5) is 25.4. The Kier molecular flexibility index (Phi) is 5.29. The molecular weight excluding hydrogens is 274 g/mol. The van der Waals surface area contributed by atoms with Crippen LogP contribution < -0.4 is 11.1 Å². The number of ether oxygens (including phenoxy) is 1. The highest BCUT2D eigenvalue weighted by molar-refractivity contribution is 5.90. The Morgan fingerprint density at radius 3 is 2.86 bits per heavy atom. The van der Waals surface area contributed by atoms with Crippen molar-refractivity contribution in [2.75, 3.05) is 31.6 Å². The summed E-state index contributed by atoms with van der Waals surface area (Å²) < 4.78 is 6.72. The largest absolute Gasteiger partial charge is 0.378 e. The first-order chi connectivity index (χ1) is 10.0. The van der Waals surface area contributed by atoms with Crippen molar-refractivity contribution in [3.63, 3.8) is 0 Å². The van der Waals surface area contributed by atoms with E-state index < -0.39 is 0 Å². The summed E-state index contributed by atoms with van der Waals surface area (Å²) in [5.74, 6) is 0.236. The highest BCUT2D eigenvalue weighted by Crippen LogP contribution is 2.05. The van der Waals surface area contributed by atoms with E-state index in [2.05, 4.69) is 10.4 Å². The number of hydrogen-bond acceptors (Lipinski definition) is 5. The molecule has 8 heteroatoms. The molecule has 2 amide bonds. The second-order valence-corrected chi connectivity index (χ2v) is 5.12. The summed E-state index contributed by atoms with van der Waals surface area (Å²) in [6.07, 6.45) is 1.90. The van der Waals surface area contributed by atoms with Crippen molar-refractivity contribution in [1.29, 1.82) is 0 Å². The van der Waals surface area contributed by atoms with Gasteiger partial charge in [-0.15, -0.1) is 0 Å². The number of nitrogens with one attached hydrogen (secondary N) is 1. The molecule has 2 rings (SSSR count). The second-order valence-electron chi connectivity index (χ2n) is 5.12. The standard InChI is InChI=1S/C13H21N5O3/c1-10(14)8-12(19)15-11-2-3-18(16-11)9-13(20)17-4-6-21-7-5-17/h2-3,10H,4-9,14H2,1H3,(H,15,16,19). The van der Waals surface area contributed by atoms with Gasteiger partial charge in [-0.05, 0) is 6.92 Å². The fourth-order valence-corrected chi connectivity index (χ4v) is 2.05. The number of carbonyl (C=O) groups excluding carboxylic acids is 2. The minimum atomic E-state index is -0.199. The molecule has 3 N–H and O–H groups in total. The average Bonchev–Trinajstić information content (AvgIpc) is 2.85. The Bertz CT molecular complexity index is 494. The highest BCUT2D eigenvalue weighted by Gasteiger charge is 2.17. The molecule has 21 heavy (non-hydrogen) atoms. The third-order valence-electron chi connectivity index (χ3n) is 3.08. The molecule has 8 nitrogen and oxygen atoms in total. The Balaban J connectivity index is 1.84. The van der Waals surface area contributed by atoms with Crippen LogP contribution in [0, 0.1) is 0 Å². The molecule has 1 saturated heterocycles. The number of hydrogen-bond donors (Lipinski definition) is 2. The zero-order chi connectivity index (χ0) is 15.2. The lowest BCUT2D eigenvalue weighted by Gasteiger charge is -2.26. The smallest absolute Gasteiger partial charge is 0.244 e. The van der Waals surface area contributed by atoms with Gasteiger partial charge in [-0.2, -0.15) is 5.10 Å². The molecule has 0 aromatic carbocycles. The lowest BCUT2D eigenvalue weighted by Crippen LogP contribution is -2.42. The average molecular weight is 295 g/mol. The van der Waals surface area contributed by atoms with Crippen LogP contribution in [-0.2, 0) is 20.9 Å². The van der Waals surface area contributed by atoms with Crippen LogP contribution in [0.4, 0.5) is 5.82 Å². The van der Waals surface area contributed by atoms with Crippen LogP contribution in [0.5, 0.6) is 0 Å². The molecule has 1 unspecified atom stereocenters. The predicted molar refractivity (Wildman–Crippen MR) is 76.5 cm³/mol. The summed E-state index contributed by atoms with van der Waals surface area (Å²) in [7, 11) is 0. The van der Waals surface area contributed by atoms with E-state index in [4.69, 9.17) is 10.5 Å². The maximum atomic E-state index is 12.1. The van der Waals surface area contributed by atoms with Gasteiger partial charge in [-0.1, -0.05) is 0 Å². The zero-order valence-corrected chi connectivity index (χ0v) is 12.1. The lowest BCUT2D eigenvalue weighted by atomic mass is 10.2. The SMILES string of the molecule is CC(N)CC(=O)Nc1ccn(CC(=O)N2CCOCC2)n1. The van der Waals surface area contributed by atoms with Crippen LogP contribution in [0.25, 0.3) is 0 Å². The van der Waals surface area contributed by atoms with Gasteiger partial charge < -0.3 is 20.7 Å². The van der Waals surface area contributed by atoms with Crippen molar-refractivity contribution in [2.24, 2.45) is 5.73 Å². The number of nitrogens with two attached hydrogens (primary N) is 1. The summed E-state index contributed by atoms with van der Waals surface area (Å²) >= 11 is 0. The molecule has 0 spiro atoms. The van der Waals surface area contributed by atoms with E-state index in [0.717, 1.165) is 0 Å². The number of morpholine rings is 1. The van der Waals surface area contributed by atoms with E-state index in [0.29, 0.717) is 32.1 Å². The molecule has 0 radical (unpaired) electrons. The Morgan fingerprint density at radius 1 is 1.48 bits per heavy atom. The topological polar surface area (TPSA) is 102 Å². The van der Waals surface area contributed by atoms with E-state index in [1.807, 2.05) is 0 Å². The number of aromatic nitrogens is 2. The fourth-order valence-electron chi connectivity index (χ4n) is 2.05. The van der Waals surface area contributed by atoms with Gasteiger partial charge in [0.2, 0.25) is 11.8 Å². The molecule has 2 heterocycles. The van der Waals surface area contributed by atoms with Crippen LogP contribution in [-0.4, -0.2) is 58.8 Å². The van der Waals surface area contributed by atoms with Crippen molar-refractivity contribution >= 4 is 17.6 Å². The Labute approximate surface area is 123 Å². The van der Waals surface area contributed by atoms with Gasteiger partial charge >= 0.3 is 0 Å². The molecule has 0 bridgehead atoms. The molecule has 0 aliphatic carbocycles. The maximum absolute atomic E-state index is 12.1. The summed E-state index contributed by atoms with van der Waals surface area (Å²) in [6, 6.07) is 1.46. The zero-order valence-electron chi connectivity index (χ0n) is 12.1. The molecule has 116 valence electrons. The first-order valence-electron chi connectivity index (χ1n) is 6.99. The molecule has 1 aliphatic rings. The third-order valence-corrected chi connectivity index (χ3v) is 3.08. The van der Waals surface area contributed by atoms with Crippen LogP contribution in [0.15, 0.2) is 12.3 Å². The summed E-state index contributed by atoms with van der Waals surface area (Å²) in [5, 5.41) is 6.81. The summed E-state index contributed by atoms with van der Waals surface area (Å²) in [6.45, 7) is 4.28. The third kappa shape index (κ3) is 4.83. The normalized spacial score (nSPS) is 16.6. The Morgan fingerprint density at radius 2 is 2.19 bits per heavy atom. The van der Waals surface area contributed by atoms with E-state index in [1.54, 1.807) is 24.1 Å². The van der Waals surface area contributed by atoms with Gasteiger partial charge in [-0.25, -0.2) is 0 Å². The molecule has 1 fully saturated rings. The maximum Gasteiger partial charge on any atom is 0.244 e. The number of rotatable bonds is 5. The van der Waals surface area contributed by atoms with Gasteiger partial charge in [0.1, 0.15) is 6.54 Å². The van der Waals surface area contributed by atoms with Crippen molar-refractivity contribution in [3.8, 4) is 0 Å². The number of carbonyl (C=O) groups is 2.